The second-order valence-corrected chi connectivity index (χ2v) is 6.91. The molecule has 4 rings (SSSR count). The summed E-state index contributed by atoms with van der Waals surface area (Å²) in [5.41, 5.74) is 2.34. The van der Waals surface area contributed by atoms with Crippen LogP contribution in [0.15, 0.2) is 54.7 Å². The minimum absolute atomic E-state index is 0.0530. The Morgan fingerprint density at radius 1 is 0.893 bits per heavy atom. The highest BCUT2D eigenvalue weighted by Gasteiger charge is 2.26. The van der Waals surface area contributed by atoms with Gasteiger partial charge in [0.05, 0.1) is 5.69 Å². The van der Waals surface area contributed by atoms with Crippen LogP contribution in [0, 0.1) is 0 Å². The molecule has 3 aromatic rings. The fourth-order valence-corrected chi connectivity index (χ4v) is 3.26. The number of nitrogens with one attached hydrogen (secondary N) is 1. The van der Waals surface area contributed by atoms with Gasteiger partial charge in [-0.25, -0.2) is 0 Å². The lowest BCUT2D eigenvalue weighted by Crippen LogP contribution is -2.50. The molecule has 0 spiro atoms. The number of pyridine rings is 1. The van der Waals surface area contributed by atoms with Crippen LogP contribution in [0.4, 0.5) is 0 Å². The molecule has 1 aliphatic rings. The lowest BCUT2D eigenvalue weighted by atomic mass is 10.1. The van der Waals surface area contributed by atoms with E-state index in [1.165, 1.54) is 0 Å². The molecule has 0 unspecified atom stereocenters. The Kier molecular flexibility index (Phi) is 5.08. The summed E-state index contributed by atoms with van der Waals surface area (Å²) in [6.45, 7) is 1.90. The van der Waals surface area contributed by atoms with Crippen LogP contribution in [0.1, 0.15) is 20.8 Å². The molecule has 0 bridgehead atoms. The summed E-state index contributed by atoms with van der Waals surface area (Å²) in [7, 11) is 0. The number of hydrogen-bond donors (Lipinski definition) is 1. The summed E-state index contributed by atoms with van der Waals surface area (Å²) in [5.74, 6) is -0.184. The van der Waals surface area contributed by atoms with Gasteiger partial charge in [0.25, 0.3) is 11.8 Å². The van der Waals surface area contributed by atoms with Gasteiger partial charge in [-0.3, -0.25) is 19.7 Å². The zero-order chi connectivity index (χ0) is 19.5. The first-order chi connectivity index (χ1) is 13.6. The van der Waals surface area contributed by atoms with Crippen LogP contribution in [0.5, 0.6) is 0 Å². The first-order valence-electron chi connectivity index (χ1n) is 8.93. The van der Waals surface area contributed by atoms with Crippen LogP contribution in [-0.2, 0) is 0 Å². The highest BCUT2D eigenvalue weighted by atomic mass is 35.5. The lowest BCUT2D eigenvalue weighted by molar-refractivity contribution is 0.0532. The normalized spacial score (nSPS) is 14.2. The molecule has 3 heterocycles. The van der Waals surface area contributed by atoms with Crippen LogP contribution < -0.4 is 0 Å². The van der Waals surface area contributed by atoms with E-state index < -0.39 is 0 Å². The number of amides is 2. The number of rotatable bonds is 3. The molecule has 1 aromatic carbocycles. The summed E-state index contributed by atoms with van der Waals surface area (Å²) in [6, 6.07) is 14.1. The SMILES string of the molecule is O=C(c1ccc(Cl)cc1)N1CCN(C(=O)c2cc(-c3ccccn3)n[nH]2)CC1. The van der Waals surface area contributed by atoms with Gasteiger partial charge >= 0.3 is 0 Å². The van der Waals surface area contributed by atoms with Crippen molar-refractivity contribution in [2.75, 3.05) is 26.2 Å². The summed E-state index contributed by atoms with van der Waals surface area (Å²) in [5, 5.41) is 7.57. The number of aromatic nitrogens is 3. The van der Waals surface area contributed by atoms with E-state index in [0.29, 0.717) is 53.8 Å². The number of carbonyl (C=O) groups is 2. The summed E-state index contributed by atoms with van der Waals surface area (Å²) >= 11 is 5.87. The average molecular weight is 396 g/mol. The maximum absolute atomic E-state index is 12.7. The van der Waals surface area contributed by atoms with Crippen LogP contribution >= 0.6 is 11.6 Å². The Labute approximate surface area is 166 Å². The van der Waals surface area contributed by atoms with E-state index in [4.69, 9.17) is 11.6 Å². The van der Waals surface area contributed by atoms with E-state index in [-0.39, 0.29) is 11.8 Å². The van der Waals surface area contributed by atoms with Crippen molar-refractivity contribution >= 4 is 23.4 Å². The number of hydrogen-bond acceptors (Lipinski definition) is 4. The van der Waals surface area contributed by atoms with Gasteiger partial charge in [0, 0.05) is 43.0 Å². The molecule has 1 saturated heterocycles. The molecule has 0 radical (unpaired) electrons. The fourth-order valence-electron chi connectivity index (χ4n) is 3.13. The van der Waals surface area contributed by atoms with Gasteiger partial charge in [-0.05, 0) is 42.5 Å². The molecule has 0 atom stereocenters. The first-order valence-corrected chi connectivity index (χ1v) is 9.30. The number of piperazine rings is 1. The Balaban J connectivity index is 1.38. The number of H-pyrrole nitrogens is 1. The van der Waals surface area contributed by atoms with Crippen molar-refractivity contribution in [1.29, 1.82) is 0 Å². The van der Waals surface area contributed by atoms with Crippen molar-refractivity contribution in [2.24, 2.45) is 0 Å². The molecule has 28 heavy (non-hydrogen) atoms. The van der Waals surface area contributed by atoms with Gasteiger partial charge in [-0.1, -0.05) is 17.7 Å². The minimum atomic E-state index is -0.131. The molecular formula is C20H18ClN5O2. The van der Waals surface area contributed by atoms with Gasteiger partial charge in [0.15, 0.2) is 0 Å². The van der Waals surface area contributed by atoms with E-state index in [0.717, 1.165) is 0 Å². The summed E-state index contributed by atoms with van der Waals surface area (Å²) in [4.78, 5) is 33.0. The van der Waals surface area contributed by atoms with Crippen molar-refractivity contribution in [1.82, 2.24) is 25.0 Å². The largest absolute Gasteiger partial charge is 0.335 e. The van der Waals surface area contributed by atoms with Crippen molar-refractivity contribution in [3.63, 3.8) is 0 Å². The number of aromatic amines is 1. The molecule has 142 valence electrons. The Hall–Kier alpha value is -3.19. The van der Waals surface area contributed by atoms with Crippen LogP contribution in [0.3, 0.4) is 0 Å². The maximum atomic E-state index is 12.7. The fraction of sp³-hybridized carbons (Fsp3) is 0.200. The van der Waals surface area contributed by atoms with Gasteiger partial charge in [0.1, 0.15) is 11.4 Å². The monoisotopic (exact) mass is 395 g/mol. The third kappa shape index (κ3) is 3.75. The van der Waals surface area contributed by atoms with E-state index in [1.54, 1.807) is 46.3 Å². The highest BCUT2D eigenvalue weighted by molar-refractivity contribution is 6.30. The van der Waals surface area contributed by atoms with Crippen LogP contribution in [0.25, 0.3) is 11.4 Å². The van der Waals surface area contributed by atoms with Crippen molar-refractivity contribution < 1.29 is 9.59 Å². The molecule has 1 N–H and O–H groups in total. The second-order valence-electron chi connectivity index (χ2n) is 6.47. The molecule has 1 aliphatic heterocycles. The molecule has 0 aliphatic carbocycles. The molecule has 7 nitrogen and oxygen atoms in total. The third-order valence-corrected chi connectivity index (χ3v) is 4.93. The maximum Gasteiger partial charge on any atom is 0.272 e. The zero-order valence-electron chi connectivity index (χ0n) is 15.0. The summed E-state index contributed by atoms with van der Waals surface area (Å²) in [6.07, 6.45) is 1.68. The predicted molar refractivity (Wildman–Crippen MR) is 105 cm³/mol. The van der Waals surface area contributed by atoms with Gasteiger partial charge in [0.2, 0.25) is 0 Å². The van der Waals surface area contributed by atoms with Gasteiger partial charge in [-0.2, -0.15) is 5.10 Å². The number of halogens is 1. The van der Waals surface area contributed by atoms with Crippen LogP contribution in [-0.4, -0.2) is 63.0 Å². The second kappa shape index (κ2) is 7.82. The van der Waals surface area contributed by atoms with E-state index >= 15 is 0 Å². The van der Waals surface area contributed by atoms with E-state index in [1.807, 2.05) is 18.2 Å². The standard InChI is InChI=1S/C20H18ClN5O2/c21-15-6-4-14(5-7-15)19(27)25-9-11-26(12-10-25)20(28)18-13-17(23-24-18)16-3-1-2-8-22-16/h1-8,13H,9-12H2,(H,23,24). The highest BCUT2D eigenvalue weighted by Crippen LogP contribution is 2.17. The quantitative estimate of drug-likeness (QED) is 0.739. The Bertz CT molecular complexity index is 979. The number of benzene rings is 1. The van der Waals surface area contributed by atoms with E-state index in [9.17, 15) is 9.59 Å². The Morgan fingerprint density at radius 3 is 2.21 bits per heavy atom. The molecule has 2 aromatic heterocycles. The van der Waals surface area contributed by atoms with Crippen molar-refractivity contribution in [2.45, 2.75) is 0 Å². The zero-order valence-corrected chi connectivity index (χ0v) is 15.8. The Morgan fingerprint density at radius 2 is 1.57 bits per heavy atom. The van der Waals surface area contributed by atoms with Gasteiger partial charge < -0.3 is 9.80 Å². The first kappa shape index (κ1) is 18.2. The molecule has 0 saturated carbocycles. The lowest BCUT2D eigenvalue weighted by Gasteiger charge is -2.34. The van der Waals surface area contributed by atoms with Crippen molar-refractivity contribution in [3.8, 4) is 11.4 Å². The number of nitrogens with zero attached hydrogens (tertiary/aromatic N) is 4. The smallest absolute Gasteiger partial charge is 0.272 e. The van der Waals surface area contributed by atoms with Crippen LogP contribution in [0.2, 0.25) is 5.02 Å². The third-order valence-electron chi connectivity index (χ3n) is 4.68. The topological polar surface area (TPSA) is 82.2 Å². The van der Waals surface area contributed by atoms with Crippen molar-refractivity contribution in [3.05, 3.63) is 71.0 Å². The van der Waals surface area contributed by atoms with Gasteiger partial charge in [-0.15, -0.1) is 0 Å². The summed E-state index contributed by atoms with van der Waals surface area (Å²) < 4.78 is 0. The molecule has 1 fully saturated rings. The predicted octanol–water partition coefficient (Wildman–Crippen LogP) is 2.72. The molecule has 8 heteroatoms. The molecular weight excluding hydrogens is 378 g/mol. The van der Waals surface area contributed by atoms with E-state index in [2.05, 4.69) is 15.2 Å². The number of carbonyl (C=O) groups excluding carboxylic acids is 2. The minimum Gasteiger partial charge on any atom is -0.335 e. The molecule has 2 amide bonds. The average Bonchev–Trinajstić information content (AvgIpc) is 3.24.